The maximum Gasteiger partial charge on any atom is 0.274 e. The average molecular weight is 394 g/mol. The van der Waals surface area contributed by atoms with Crippen molar-refractivity contribution >= 4 is 17.5 Å². The minimum atomic E-state index is -0.364. The van der Waals surface area contributed by atoms with Crippen LogP contribution in [0.1, 0.15) is 27.3 Å². The molecule has 0 aliphatic heterocycles. The molecule has 0 saturated carbocycles. The minimum absolute atomic E-state index is 0.231. The van der Waals surface area contributed by atoms with E-state index in [4.69, 9.17) is 4.74 Å². The van der Waals surface area contributed by atoms with Crippen LogP contribution in [-0.4, -0.2) is 29.5 Å². The summed E-state index contributed by atoms with van der Waals surface area (Å²) in [6.07, 6.45) is 0.478. The van der Waals surface area contributed by atoms with Crippen LogP contribution in [0.15, 0.2) is 48.5 Å². The number of amides is 1. The number of methoxy groups -OCH3 is 1. The lowest BCUT2D eigenvalue weighted by atomic mass is 10.1. The average Bonchev–Trinajstić information content (AvgIpc) is 2.69. The van der Waals surface area contributed by atoms with Gasteiger partial charge in [0, 0.05) is 12.2 Å². The number of benzene rings is 2. The Labute approximate surface area is 169 Å². The van der Waals surface area contributed by atoms with Gasteiger partial charge in [-0.2, -0.15) is 0 Å². The molecule has 0 fully saturated rings. The molecular weight excluding hydrogens is 371 g/mol. The SMILES string of the molecule is COc1ccc(C)cc1NC(=O)c1cc(C)nc(NCCc2ccccc2F)n1. The number of rotatable bonds is 7. The first kappa shape index (κ1) is 20.3. The fourth-order valence-electron chi connectivity index (χ4n) is 2.88. The molecule has 1 heterocycles. The van der Waals surface area contributed by atoms with Gasteiger partial charge < -0.3 is 15.4 Å². The van der Waals surface area contributed by atoms with Gasteiger partial charge in [0.25, 0.3) is 5.91 Å². The molecule has 0 aliphatic carbocycles. The number of aromatic nitrogens is 2. The van der Waals surface area contributed by atoms with Gasteiger partial charge in [-0.25, -0.2) is 14.4 Å². The van der Waals surface area contributed by atoms with Crippen LogP contribution in [0.25, 0.3) is 0 Å². The van der Waals surface area contributed by atoms with Gasteiger partial charge in [-0.15, -0.1) is 0 Å². The molecule has 1 aromatic heterocycles. The van der Waals surface area contributed by atoms with Gasteiger partial charge in [-0.1, -0.05) is 24.3 Å². The number of anilines is 2. The van der Waals surface area contributed by atoms with Gasteiger partial charge in [-0.3, -0.25) is 4.79 Å². The van der Waals surface area contributed by atoms with Crippen molar-refractivity contribution in [1.29, 1.82) is 0 Å². The van der Waals surface area contributed by atoms with E-state index in [0.29, 0.717) is 41.6 Å². The molecule has 2 aromatic carbocycles. The molecule has 0 radical (unpaired) electrons. The number of carbonyl (C=O) groups excluding carboxylic acids is 1. The molecule has 0 saturated heterocycles. The first-order chi connectivity index (χ1) is 14.0. The number of carbonyl (C=O) groups is 1. The van der Waals surface area contributed by atoms with Gasteiger partial charge in [0.2, 0.25) is 5.95 Å². The van der Waals surface area contributed by atoms with Crippen molar-refractivity contribution < 1.29 is 13.9 Å². The van der Waals surface area contributed by atoms with E-state index in [-0.39, 0.29) is 17.4 Å². The number of hydrogen-bond donors (Lipinski definition) is 2. The van der Waals surface area contributed by atoms with E-state index >= 15 is 0 Å². The highest BCUT2D eigenvalue weighted by Crippen LogP contribution is 2.25. The lowest BCUT2D eigenvalue weighted by molar-refractivity contribution is 0.102. The predicted octanol–water partition coefficient (Wildman–Crippen LogP) is 4.15. The highest BCUT2D eigenvalue weighted by molar-refractivity contribution is 6.04. The Morgan fingerprint density at radius 2 is 1.90 bits per heavy atom. The van der Waals surface area contributed by atoms with Crippen LogP contribution in [0.2, 0.25) is 0 Å². The van der Waals surface area contributed by atoms with Gasteiger partial charge in [0.05, 0.1) is 12.8 Å². The molecule has 150 valence electrons. The normalized spacial score (nSPS) is 10.5. The van der Waals surface area contributed by atoms with E-state index in [0.717, 1.165) is 5.56 Å². The first-order valence-electron chi connectivity index (χ1n) is 9.25. The van der Waals surface area contributed by atoms with Crippen LogP contribution < -0.4 is 15.4 Å². The number of aryl methyl sites for hydroxylation is 2. The third-order valence-electron chi connectivity index (χ3n) is 4.33. The molecule has 29 heavy (non-hydrogen) atoms. The summed E-state index contributed by atoms with van der Waals surface area (Å²) in [6.45, 7) is 4.16. The number of hydrogen-bond acceptors (Lipinski definition) is 5. The number of halogens is 1. The molecule has 1 amide bonds. The van der Waals surface area contributed by atoms with E-state index in [1.54, 1.807) is 44.4 Å². The van der Waals surface area contributed by atoms with Crippen LogP contribution in [0.5, 0.6) is 5.75 Å². The Morgan fingerprint density at radius 3 is 2.66 bits per heavy atom. The highest BCUT2D eigenvalue weighted by Gasteiger charge is 2.14. The Bertz CT molecular complexity index is 1020. The number of nitrogens with zero attached hydrogens (tertiary/aromatic N) is 2. The van der Waals surface area contributed by atoms with Crippen molar-refractivity contribution in [2.45, 2.75) is 20.3 Å². The molecule has 0 spiro atoms. The molecule has 7 heteroatoms. The van der Waals surface area contributed by atoms with Crippen LogP contribution in [0, 0.1) is 19.7 Å². The van der Waals surface area contributed by atoms with E-state index in [1.165, 1.54) is 6.07 Å². The van der Waals surface area contributed by atoms with Gasteiger partial charge >= 0.3 is 0 Å². The summed E-state index contributed by atoms with van der Waals surface area (Å²) >= 11 is 0. The third kappa shape index (κ3) is 5.28. The Balaban J connectivity index is 1.70. The standard InChI is InChI=1S/C22H23FN4O2/c1-14-8-9-20(29-3)18(12-14)26-21(28)19-13-15(2)25-22(27-19)24-11-10-16-6-4-5-7-17(16)23/h4-9,12-13H,10-11H2,1-3H3,(H,26,28)(H,24,25,27). The second kappa shape index (κ2) is 9.14. The monoisotopic (exact) mass is 394 g/mol. The van der Waals surface area contributed by atoms with Crippen molar-refractivity contribution in [1.82, 2.24) is 9.97 Å². The molecule has 3 aromatic rings. The molecule has 0 unspecified atom stereocenters. The molecule has 6 nitrogen and oxygen atoms in total. The predicted molar refractivity (Wildman–Crippen MR) is 111 cm³/mol. The fourth-order valence-corrected chi connectivity index (χ4v) is 2.88. The zero-order chi connectivity index (χ0) is 20.8. The minimum Gasteiger partial charge on any atom is -0.495 e. The van der Waals surface area contributed by atoms with E-state index in [2.05, 4.69) is 20.6 Å². The van der Waals surface area contributed by atoms with Crippen LogP contribution in [-0.2, 0) is 6.42 Å². The van der Waals surface area contributed by atoms with Crippen LogP contribution >= 0.6 is 0 Å². The lowest BCUT2D eigenvalue weighted by Crippen LogP contribution is -2.17. The van der Waals surface area contributed by atoms with E-state index in [9.17, 15) is 9.18 Å². The summed E-state index contributed by atoms with van der Waals surface area (Å²) in [4.78, 5) is 21.3. The molecule has 2 N–H and O–H groups in total. The quantitative estimate of drug-likeness (QED) is 0.630. The van der Waals surface area contributed by atoms with Gasteiger partial charge in [0.1, 0.15) is 17.3 Å². The summed E-state index contributed by atoms with van der Waals surface area (Å²) in [5.41, 5.74) is 3.06. The smallest absolute Gasteiger partial charge is 0.274 e. The van der Waals surface area contributed by atoms with Crippen LogP contribution in [0.3, 0.4) is 0 Å². The van der Waals surface area contributed by atoms with Gasteiger partial charge in [0.15, 0.2) is 0 Å². The van der Waals surface area contributed by atoms with Gasteiger partial charge in [-0.05, 0) is 55.7 Å². The summed E-state index contributed by atoms with van der Waals surface area (Å²) in [6, 6.07) is 13.8. The van der Waals surface area contributed by atoms with Crippen molar-refractivity contribution in [3.05, 3.63) is 76.9 Å². The fraction of sp³-hybridized carbons (Fsp3) is 0.227. The van der Waals surface area contributed by atoms with E-state index < -0.39 is 0 Å². The number of nitrogens with one attached hydrogen (secondary N) is 2. The second-order valence-corrected chi connectivity index (χ2v) is 6.64. The Kier molecular flexibility index (Phi) is 6.39. The Hall–Kier alpha value is -3.48. The van der Waals surface area contributed by atoms with Crippen molar-refractivity contribution in [2.24, 2.45) is 0 Å². The summed E-state index contributed by atoms with van der Waals surface area (Å²) in [5.74, 6) is 0.281. The number of ether oxygens (including phenoxy) is 1. The third-order valence-corrected chi connectivity index (χ3v) is 4.33. The molecule has 0 aliphatic rings. The largest absolute Gasteiger partial charge is 0.495 e. The zero-order valence-electron chi connectivity index (χ0n) is 16.6. The Morgan fingerprint density at radius 1 is 1.10 bits per heavy atom. The van der Waals surface area contributed by atoms with E-state index in [1.807, 2.05) is 19.1 Å². The highest BCUT2D eigenvalue weighted by atomic mass is 19.1. The lowest BCUT2D eigenvalue weighted by Gasteiger charge is -2.12. The molecular formula is C22H23FN4O2. The van der Waals surface area contributed by atoms with Crippen molar-refractivity contribution in [3.8, 4) is 5.75 Å². The maximum atomic E-state index is 13.7. The maximum absolute atomic E-state index is 13.7. The zero-order valence-corrected chi connectivity index (χ0v) is 16.6. The molecule has 3 rings (SSSR count). The topological polar surface area (TPSA) is 76.1 Å². The van der Waals surface area contributed by atoms with Crippen molar-refractivity contribution in [2.75, 3.05) is 24.3 Å². The van der Waals surface area contributed by atoms with Crippen LogP contribution in [0.4, 0.5) is 16.0 Å². The first-order valence-corrected chi connectivity index (χ1v) is 9.25. The second-order valence-electron chi connectivity index (χ2n) is 6.64. The summed E-state index contributed by atoms with van der Waals surface area (Å²) in [5, 5.41) is 5.89. The molecule has 0 atom stereocenters. The summed E-state index contributed by atoms with van der Waals surface area (Å²) < 4.78 is 19.0. The van der Waals surface area contributed by atoms with Crippen molar-refractivity contribution in [3.63, 3.8) is 0 Å². The molecule has 0 bridgehead atoms. The summed E-state index contributed by atoms with van der Waals surface area (Å²) in [7, 11) is 1.55.